The molecule has 0 fully saturated rings. The molecular formula is C43H27BrN6. The third kappa shape index (κ3) is 5.53. The van der Waals surface area contributed by atoms with Crippen molar-refractivity contribution in [2.75, 3.05) is 0 Å². The maximum absolute atomic E-state index is 5.08. The molecule has 0 aliphatic carbocycles. The smallest absolute Gasteiger partial charge is 0.164 e. The zero-order valence-corrected chi connectivity index (χ0v) is 28.2. The summed E-state index contributed by atoms with van der Waals surface area (Å²) in [5.74, 6) is 1.77. The molecule has 0 atom stereocenters. The summed E-state index contributed by atoms with van der Waals surface area (Å²) in [6, 6.07) is 47.9. The van der Waals surface area contributed by atoms with E-state index in [4.69, 9.17) is 15.0 Å². The number of hydrogen-bond acceptors (Lipinski definition) is 5. The summed E-state index contributed by atoms with van der Waals surface area (Å²) >= 11 is 3.82. The van der Waals surface area contributed by atoms with Gasteiger partial charge in [-0.25, -0.2) is 15.0 Å². The number of aromatic nitrogens is 6. The minimum atomic E-state index is 0.584. The third-order valence-corrected chi connectivity index (χ3v) is 9.35. The van der Waals surface area contributed by atoms with Gasteiger partial charge in [-0.1, -0.05) is 113 Å². The average Bonchev–Trinajstić information content (AvgIpc) is 3.53. The molecule has 0 bridgehead atoms. The van der Waals surface area contributed by atoms with Crippen LogP contribution in [-0.4, -0.2) is 29.5 Å². The van der Waals surface area contributed by atoms with Gasteiger partial charge in [-0.05, 0) is 64.7 Å². The van der Waals surface area contributed by atoms with E-state index < -0.39 is 0 Å². The lowest BCUT2D eigenvalue weighted by Gasteiger charge is -2.13. The molecule has 0 aliphatic heterocycles. The Morgan fingerprint density at radius 2 is 0.860 bits per heavy atom. The second kappa shape index (κ2) is 12.6. The van der Waals surface area contributed by atoms with Crippen LogP contribution < -0.4 is 0 Å². The summed E-state index contributed by atoms with van der Waals surface area (Å²) in [6.07, 6.45) is 7.30. The highest BCUT2D eigenvalue weighted by Gasteiger charge is 2.17. The number of nitrogens with zero attached hydrogens (tertiary/aromatic N) is 6. The van der Waals surface area contributed by atoms with Crippen molar-refractivity contribution >= 4 is 37.7 Å². The van der Waals surface area contributed by atoms with E-state index in [1.54, 1.807) is 12.4 Å². The van der Waals surface area contributed by atoms with Gasteiger partial charge in [0.1, 0.15) is 0 Å². The second-order valence-electron chi connectivity index (χ2n) is 12.0. The van der Waals surface area contributed by atoms with Gasteiger partial charge in [0.05, 0.1) is 11.0 Å². The Kier molecular flexibility index (Phi) is 7.52. The predicted octanol–water partition coefficient (Wildman–Crippen LogP) is 10.9. The SMILES string of the molecule is Brc1cc(-c2nc(-c3ccc(-c4cccnc4)cc3)nc(-c3ccc(-c4cccnc4)cc3)n2)cc(-n2c3ccccc3c3ccccc32)c1. The van der Waals surface area contributed by atoms with Crippen molar-refractivity contribution in [1.82, 2.24) is 29.5 Å². The first-order valence-electron chi connectivity index (χ1n) is 16.3. The number of para-hydroxylation sites is 2. The molecule has 50 heavy (non-hydrogen) atoms. The number of pyridine rings is 2. The normalized spacial score (nSPS) is 11.3. The molecule has 0 saturated carbocycles. The van der Waals surface area contributed by atoms with E-state index in [9.17, 15) is 0 Å². The summed E-state index contributed by atoms with van der Waals surface area (Å²) < 4.78 is 3.23. The quantitative estimate of drug-likeness (QED) is 0.172. The number of fused-ring (bicyclic) bond motifs is 3. The van der Waals surface area contributed by atoms with Gasteiger partial charge in [-0.15, -0.1) is 0 Å². The number of benzene rings is 5. The van der Waals surface area contributed by atoms with E-state index in [1.807, 2.05) is 24.5 Å². The zero-order valence-electron chi connectivity index (χ0n) is 26.6. The van der Waals surface area contributed by atoms with Gasteiger partial charge >= 0.3 is 0 Å². The topological polar surface area (TPSA) is 69.4 Å². The van der Waals surface area contributed by atoms with Crippen LogP contribution in [0, 0.1) is 0 Å². The van der Waals surface area contributed by atoms with Crippen LogP contribution >= 0.6 is 15.9 Å². The highest BCUT2D eigenvalue weighted by Crippen LogP contribution is 2.35. The van der Waals surface area contributed by atoms with E-state index in [1.165, 1.54) is 10.8 Å². The Labute approximate surface area is 297 Å². The molecule has 7 heteroatoms. The monoisotopic (exact) mass is 706 g/mol. The Hall–Kier alpha value is -6.31. The van der Waals surface area contributed by atoms with Gasteiger partial charge in [0, 0.05) is 62.4 Å². The lowest BCUT2D eigenvalue weighted by molar-refractivity contribution is 1.07. The maximum Gasteiger partial charge on any atom is 0.164 e. The van der Waals surface area contributed by atoms with Crippen molar-refractivity contribution in [3.05, 3.63) is 169 Å². The van der Waals surface area contributed by atoms with Crippen molar-refractivity contribution in [3.63, 3.8) is 0 Å². The number of hydrogen-bond donors (Lipinski definition) is 0. The average molecular weight is 708 g/mol. The van der Waals surface area contributed by atoms with Gasteiger partial charge in [-0.2, -0.15) is 0 Å². The zero-order chi connectivity index (χ0) is 33.4. The molecular weight excluding hydrogens is 680 g/mol. The molecule has 0 aliphatic rings. The summed E-state index contributed by atoms with van der Waals surface area (Å²) in [5.41, 5.74) is 10.2. The number of rotatable bonds is 6. The van der Waals surface area contributed by atoms with E-state index in [0.717, 1.165) is 60.1 Å². The number of halogens is 1. The first-order valence-corrected chi connectivity index (χ1v) is 17.0. The first kappa shape index (κ1) is 29.8. The van der Waals surface area contributed by atoms with Crippen LogP contribution in [0.1, 0.15) is 0 Å². The van der Waals surface area contributed by atoms with Crippen LogP contribution in [0.15, 0.2) is 169 Å². The Morgan fingerprint density at radius 3 is 1.34 bits per heavy atom. The third-order valence-electron chi connectivity index (χ3n) is 8.89. The van der Waals surface area contributed by atoms with Gasteiger partial charge < -0.3 is 4.57 Å². The lowest BCUT2D eigenvalue weighted by Crippen LogP contribution is -2.01. The first-order chi connectivity index (χ1) is 24.7. The molecule has 6 nitrogen and oxygen atoms in total. The molecule has 4 heterocycles. The molecule has 9 aromatic rings. The summed E-state index contributed by atoms with van der Waals surface area (Å²) in [6.45, 7) is 0. The van der Waals surface area contributed by atoms with Gasteiger partial charge in [-0.3, -0.25) is 9.97 Å². The van der Waals surface area contributed by atoms with Crippen molar-refractivity contribution in [3.8, 4) is 62.1 Å². The molecule has 0 unspecified atom stereocenters. The maximum atomic E-state index is 5.08. The molecule has 0 amide bonds. The van der Waals surface area contributed by atoms with Crippen molar-refractivity contribution in [1.29, 1.82) is 0 Å². The molecule has 0 radical (unpaired) electrons. The Balaban J connectivity index is 1.20. The van der Waals surface area contributed by atoms with E-state index in [-0.39, 0.29) is 0 Å². The molecule has 0 spiro atoms. The largest absolute Gasteiger partial charge is 0.309 e. The fourth-order valence-corrected chi connectivity index (χ4v) is 6.97. The molecule has 9 rings (SSSR count). The summed E-state index contributed by atoms with van der Waals surface area (Å²) in [5, 5.41) is 2.41. The molecule has 4 aromatic heterocycles. The van der Waals surface area contributed by atoms with Crippen LogP contribution in [0.2, 0.25) is 0 Å². The standard InChI is InChI=1S/C43H27BrN6/c44-35-23-34(24-36(25-35)50-39-11-3-1-9-37(39)38-10-2-4-12-40(38)50)43-48-41(30-17-13-28(14-18-30)32-7-5-21-45-26-32)47-42(49-43)31-19-15-29(16-20-31)33-8-6-22-46-27-33/h1-27H. The van der Waals surface area contributed by atoms with Crippen LogP contribution in [-0.2, 0) is 0 Å². The Bertz CT molecular complexity index is 2480. The second-order valence-corrected chi connectivity index (χ2v) is 12.9. The van der Waals surface area contributed by atoms with E-state index >= 15 is 0 Å². The predicted molar refractivity (Wildman–Crippen MR) is 205 cm³/mol. The van der Waals surface area contributed by atoms with Crippen molar-refractivity contribution < 1.29 is 0 Å². The van der Waals surface area contributed by atoms with Gasteiger partial charge in [0.25, 0.3) is 0 Å². The fraction of sp³-hybridized carbons (Fsp3) is 0. The molecule has 0 N–H and O–H groups in total. The van der Waals surface area contributed by atoms with E-state index in [2.05, 4.69) is 158 Å². The summed E-state index contributed by atoms with van der Waals surface area (Å²) in [4.78, 5) is 23.7. The van der Waals surface area contributed by atoms with Crippen molar-refractivity contribution in [2.45, 2.75) is 0 Å². The van der Waals surface area contributed by atoms with Crippen LogP contribution in [0.3, 0.4) is 0 Å². The Morgan fingerprint density at radius 1 is 0.400 bits per heavy atom. The molecule has 0 saturated heterocycles. The van der Waals surface area contributed by atoms with E-state index in [0.29, 0.717) is 17.5 Å². The highest BCUT2D eigenvalue weighted by molar-refractivity contribution is 9.10. The lowest BCUT2D eigenvalue weighted by atomic mass is 10.0. The van der Waals surface area contributed by atoms with Crippen molar-refractivity contribution in [2.24, 2.45) is 0 Å². The van der Waals surface area contributed by atoms with Crippen LogP contribution in [0.5, 0.6) is 0 Å². The molecule has 236 valence electrons. The van der Waals surface area contributed by atoms with Crippen LogP contribution in [0.25, 0.3) is 83.9 Å². The highest BCUT2D eigenvalue weighted by atomic mass is 79.9. The van der Waals surface area contributed by atoms with Crippen LogP contribution in [0.4, 0.5) is 0 Å². The summed E-state index contributed by atoms with van der Waals surface area (Å²) in [7, 11) is 0. The van der Waals surface area contributed by atoms with Gasteiger partial charge in [0.2, 0.25) is 0 Å². The minimum absolute atomic E-state index is 0.584. The fourth-order valence-electron chi connectivity index (χ4n) is 6.49. The molecule has 5 aromatic carbocycles. The van der Waals surface area contributed by atoms with Gasteiger partial charge in [0.15, 0.2) is 17.5 Å². The minimum Gasteiger partial charge on any atom is -0.309 e.